The smallest absolute Gasteiger partial charge is 0.242 e. The Labute approximate surface area is 212 Å². The maximum absolute atomic E-state index is 13.6. The van der Waals surface area contributed by atoms with Crippen molar-refractivity contribution in [3.8, 4) is 0 Å². The Bertz CT molecular complexity index is 1100. The van der Waals surface area contributed by atoms with E-state index in [0.29, 0.717) is 32.7 Å². The van der Waals surface area contributed by atoms with Crippen LogP contribution < -0.4 is 0 Å². The molecule has 4 rings (SSSR count). The van der Waals surface area contributed by atoms with Gasteiger partial charge in [-0.15, -0.1) is 11.3 Å². The summed E-state index contributed by atoms with van der Waals surface area (Å²) in [5.41, 5.74) is 2.28. The molecule has 1 saturated carbocycles. The first-order chi connectivity index (χ1) is 17.0. The number of carbonyl (C=O) groups is 2. The van der Waals surface area contributed by atoms with E-state index in [1.165, 1.54) is 10.4 Å². The molecule has 1 fully saturated rings. The largest absolute Gasteiger partial charge is 0.385 e. The molecule has 2 aromatic carbocycles. The second-order valence-electron chi connectivity index (χ2n) is 9.21. The zero-order valence-corrected chi connectivity index (χ0v) is 21.4. The summed E-state index contributed by atoms with van der Waals surface area (Å²) in [5.74, 6) is 0.256. The topological polar surface area (TPSA) is 49.9 Å². The highest BCUT2D eigenvalue weighted by atomic mass is 32.1. The van der Waals surface area contributed by atoms with Gasteiger partial charge in [-0.05, 0) is 48.9 Å². The third-order valence-corrected chi connectivity index (χ3v) is 7.45. The summed E-state index contributed by atoms with van der Waals surface area (Å²) in [7, 11) is 1.66. The molecule has 1 aliphatic carbocycles. The van der Waals surface area contributed by atoms with Crippen LogP contribution in [0.2, 0.25) is 0 Å². The minimum absolute atomic E-state index is 0.0254. The number of aryl methyl sites for hydroxylation is 1. The van der Waals surface area contributed by atoms with Crippen LogP contribution in [0.1, 0.15) is 39.6 Å². The zero-order valence-electron chi connectivity index (χ0n) is 20.6. The van der Waals surface area contributed by atoms with Crippen LogP contribution in [0.5, 0.6) is 0 Å². The van der Waals surface area contributed by atoms with Crippen molar-refractivity contribution in [1.29, 1.82) is 0 Å². The monoisotopic (exact) mass is 490 g/mol. The Hall–Kier alpha value is -2.96. The second-order valence-corrected chi connectivity index (χ2v) is 10.6. The summed E-state index contributed by atoms with van der Waals surface area (Å²) in [6.07, 6.45) is 1.56. The van der Waals surface area contributed by atoms with E-state index in [4.69, 9.17) is 4.74 Å². The summed E-state index contributed by atoms with van der Waals surface area (Å²) >= 11 is 1.71. The molecule has 1 heterocycles. The van der Waals surface area contributed by atoms with Gasteiger partial charge in [-0.2, -0.15) is 0 Å². The van der Waals surface area contributed by atoms with Crippen LogP contribution in [0.3, 0.4) is 0 Å². The second kappa shape index (κ2) is 12.1. The lowest BCUT2D eigenvalue weighted by molar-refractivity contribution is -0.142. The van der Waals surface area contributed by atoms with Gasteiger partial charge >= 0.3 is 0 Å². The number of benzene rings is 2. The molecular weight excluding hydrogens is 456 g/mol. The lowest BCUT2D eigenvalue weighted by Crippen LogP contribution is -2.43. The highest BCUT2D eigenvalue weighted by molar-refractivity contribution is 7.11. The maximum Gasteiger partial charge on any atom is 0.242 e. The van der Waals surface area contributed by atoms with Crippen LogP contribution in [0.4, 0.5) is 0 Å². The Morgan fingerprint density at radius 1 is 0.943 bits per heavy atom. The molecule has 0 radical (unpaired) electrons. The third-order valence-electron chi connectivity index (χ3n) is 6.46. The Morgan fingerprint density at radius 3 is 2.31 bits per heavy atom. The minimum atomic E-state index is -0.0461. The van der Waals surface area contributed by atoms with Crippen molar-refractivity contribution in [3.63, 3.8) is 0 Å². The van der Waals surface area contributed by atoms with Crippen molar-refractivity contribution in [2.45, 2.75) is 38.8 Å². The maximum atomic E-state index is 13.6. The quantitative estimate of drug-likeness (QED) is 0.326. The number of methoxy groups -OCH3 is 1. The summed E-state index contributed by atoms with van der Waals surface area (Å²) < 4.78 is 5.22. The molecule has 1 aliphatic rings. The van der Waals surface area contributed by atoms with E-state index < -0.39 is 0 Å². The lowest BCUT2D eigenvalue weighted by atomic mass is 10.1. The minimum Gasteiger partial charge on any atom is -0.385 e. The van der Waals surface area contributed by atoms with E-state index in [2.05, 4.69) is 31.2 Å². The molecule has 1 aromatic heterocycles. The van der Waals surface area contributed by atoms with Crippen molar-refractivity contribution in [3.05, 3.63) is 93.7 Å². The van der Waals surface area contributed by atoms with E-state index in [0.717, 1.165) is 16.9 Å². The summed E-state index contributed by atoms with van der Waals surface area (Å²) in [5, 5.41) is 0. The van der Waals surface area contributed by atoms with Gasteiger partial charge in [-0.1, -0.05) is 60.7 Å². The molecule has 0 unspecified atom stereocenters. The molecule has 184 valence electrons. The number of carbonyl (C=O) groups excluding carboxylic acids is 2. The first kappa shape index (κ1) is 25.1. The van der Waals surface area contributed by atoms with Crippen LogP contribution in [0.25, 0.3) is 0 Å². The SMILES string of the molecule is COCCCN(CC(=O)N(Cc1ccccc1)Cc1ccc(C)s1)C(=O)[C@H]1C[C@H]1c1ccccc1. The number of hydrogen-bond donors (Lipinski definition) is 0. The fraction of sp³-hybridized carbons (Fsp3) is 0.379. The fourth-order valence-corrected chi connectivity index (χ4v) is 5.40. The average Bonchev–Trinajstić information content (AvgIpc) is 3.58. The predicted octanol–water partition coefficient (Wildman–Crippen LogP) is 5.25. The zero-order chi connectivity index (χ0) is 24.6. The number of thiophene rings is 1. The number of nitrogens with zero attached hydrogens (tertiary/aromatic N) is 2. The molecule has 35 heavy (non-hydrogen) atoms. The standard InChI is InChI=1S/C29H34N2O3S/c1-22-14-15-25(35-22)20-31(19-23-10-5-3-6-11-23)28(32)21-30(16-9-17-34-2)29(33)27-18-26(27)24-12-7-4-8-13-24/h3-8,10-15,26-27H,9,16-21H2,1-2H3/t26-,27-/m0/s1. The van der Waals surface area contributed by atoms with Crippen LogP contribution in [-0.4, -0.2) is 48.4 Å². The molecule has 3 aromatic rings. The molecule has 0 N–H and O–H groups in total. The van der Waals surface area contributed by atoms with Gasteiger partial charge in [0, 0.05) is 42.5 Å². The molecule has 6 heteroatoms. The van der Waals surface area contributed by atoms with E-state index in [-0.39, 0.29) is 30.2 Å². The number of rotatable bonds is 12. The van der Waals surface area contributed by atoms with Crippen molar-refractivity contribution >= 4 is 23.2 Å². The first-order valence-electron chi connectivity index (χ1n) is 12.2. The van der Waals surface area contributed by atoms with E-state index in [9.17, 15) is 9.59 Å². The molecular formula is C29H34N2O3S. The number of amides is 2. The highest BCUT2D eigenvalue weighted by Crippen LogP contribution is 2.48. The Morgan fingerprint density at radius 2 is 1.66 bits per heavy atom. The predicted molar refractivity (Wildman–Crippen MR) is 140 cm³/mol. The van der Waals surface area contributed by atoms with Gasteiger partial charge in [-0.25, -0.2) is 0 Å². The molecule has 5 nitrogen and oxygen atoms in total. The van der Waals surface area contributed by atoms with Gasteiger partial charge in [0.25, 0.3) is 0 Å². The van der Waals surface area contributed by atoms with Gasteiger partial charge in [0.2, 0.25) is 11.8 Å². The summed E-state index contributed by atoms with van der Waals surface area (Å²) in [6, 6.07) is 24.4. The Balaban J connectivity index is 1.47. The third kappa shape index (κ3) is 7.03. The Kier molecular flexibility index (Phi) is 8.72. The van der Waals surface area contributed by atoms with Crippen molar-refractivity contribution in [2.24, 2.45) is 5.92 Å². The van der Waals surface area contributed by atoms with Crippen LogP contribution >= 0.6 is 11.3 Å². The summed E-state index contributed by atoms with van der Waals surface area (Å²) in [6.45, 7) is 4.32. The average molecular weight is 491 g/mol. The molecule has 0 aliphatic heterocycles. The molecule has 0 bridgehead atoms. The number of hydrogen-bond acceptors (Lipinski definition) is 4. The molecule has 0 saturated heterocycles. The first-order valence-corrected chi connectivity index (χ1v) is 13.1. The fourth-order valence-electron chi connectivity index (χ4n) is 4.50. The van der Waals surface area contributed by atoms with Crippen molar-refractivity contribution in [2.75, 3.05) is 26.8 Å². The normalized spacial score (nSPS) is 16.6. The van der Waals surface area contributed by atoms with Gasteiger partial charge in [-0.3, -0.25) is 9.59 Å². The van der Waals surface area contributed by atoms with Gasteiger partial charge < -0.3 is 14.5 Å². The van der Waals surface area contributed by atoms with Crippen molar-refractivity contribution < 1.29 is 14.3 Å². The van der Waals surface area contributed by atoms with E-state index in [1.54, 1.807) is 23.3 Å². The van der Waals surface area contributed by atoms with Gasteiger partial charge in [0.1, 0.15) is 0 Å². The number of ether oxygens (including phenoxy) is 1. The molecule has 2 amide bonds. The van der Waals surface area contributed by atoms with Crippen LogP contribution in [-0.2, 0) is 27.4 Å². The van der Waals surface area contributed by atoms with E-state index >= 15 is 0 Å². The van der Waals surface area contributed by atoms with Gasteiger partial charge in [0.15, 0.2) is 0 Å². The highest BCUT2D eigenvalue weighted by Gasteiger charge is 2.46. The van der Waals surface area contributed by atoms with Crippen LogP contribution in [0, 0.1) is 12.8 Å². The summed E-state index contributed by atoms with van der Waals surface area (Å²) in [4.78, 5) is 33.1. The molecule has 0 spiro atoms. The van der Waals surface area contributed by atoms with Gasteiger partial charge in [0.05, 0.1) is 13.1 Å². The van der Waals surface area contributed by atoms with E-state index in [1.807, 2.05) is 53.4 Å². The van der Waals surface area contributed by atoms with Crippen molar-refractivity contribution in [1.82, 2.24) is 9.80 Å². The molecule has 2 atom stereocenters. The van der Waals surface area contributed by atoms with Crippen LogP contribution in [0.15, 0.2) is 72.8 Å². The lowest BCUT2D eigenvalue weighted by Gasteiger charge is -2.28.